The molecule has 2 atom stereocenters. The number of aromatic nitrogens is 2. The minimum Gasteiger partial charge on any atom is -0.371 e. The highest BCUT2D eigenvalue weighted by atomic mass is 16.5. The molecule has 1 aliphatic heterocycles. The van der Waals surface area contributed by atoms with Crippen molar-refractivity contribution in [1.82, 2.24) is 15.1 Å². The molecule has 1 aliphatic rings. The smallest absolute Gasteiger partial charge is 0.226 e. The second-order valence-corrected chi connectivity index (χ2v) is 5.56. The summed E-state index contributed by atoms with van der Waals surface area (Å²) in [4.78, 5) is 12.3. The topological polar surface area (TPSA) is 56.1 Å². The molecule has 0 unspecified atom stereocenters. The van der Waals surface area contributed by atoms with E-state index in [2.05, 4.69) is 16.3 Å². The second kappa shape index (κ2) is 6.67. The maximum Gasteiger partial charge on any atom is 0.226 e. The number of amides is 1. The zero-order chi connectivity index (χ0) is 16.2. The predicted octanol–water partition coefficient (Wildman–Crippen LogP) is 2.01. The predicted molar refractivity (Wildman–Crippen MR) is 86.9 cm³/mol. The molecule has 0 radical (unpaired) electrons. The molecule has 1 aromatic heterocycles. The van der Waals surface area contributed by atoms with Crippen molar-refractivity contribution in [1.29, 1.82) is 0 Å². The van der Waals surface area contributed by atoms with Gasteiger partial charge in [0.2, 0.25) is 5.91 Å². The van der Waals surface area contributed by atoms with E-state index < -0.39 is 0 Å². The van der Waals surface area contributed by atoms with E-state index in [-0.39, 0.29) is 24.5 Å². The monoisotopic (exact) mass is 309 g/mol. The molecule has 1 N–H and O–H groups in total. The Morgan fingerprint density at radius 2 is 2.30 bits per heavy atom. The van der Waals surface area contributed by atoms with Gasteiger partial charge in [-0.2, -0.15) is 5.10 Å². The fraction of sp³-hybridized carbons (Fsp3) is 0.333. The van der Waals surface area contributed by atoms with Gasteiger partial charge in [-0.1, -0.05) is 24.1 Å². The van der Waals surface area contributed by atoms with Gasteiger partial charge in [-0.25, -0.2) is 4.68 Å². The molecule has 1 fully saturated rings. The number of ether oxygens (including phenoxy) is 1. The lowest BCUT2D eigenvalue weighted by Gasteiger charge is -2.19. The van der Waals surface area contributed by atoms with Crippen molar-refractivity contribution in [2.75, 3.05) is 13.2 Å². The lowest BCUT2D eigenvalue weighted by Crippen LogP contribution is -2.33. The summed E-state index contributed by atoms with van der Waals surface area (Å²) >= 11 is 0. The Hall–Kier alpha value is -2.58. The average Bonchev–Trinajstić information content (AvgIpc) is 3.21. The fourth-order valence-electron chi connectivity index (χ4n) is 2.95. The summed E-state index contributed by atoms with van der Waals surface area (Å²) in [5.74, 6) is 2.11. The number of nitrogens with zero attached hydrogens (tertiary/aromatic N) is 2. The first kappa shape index (κ1) is 15.3. The zero-order valence-electron chi connectivity index (χ0n) is 13.0. The van der Waals surface area contributed by atoms with Gasteiger partial charge in [-0.05, 0) is 31.0 Å². The zero-order valence-corrected chi connectivity index (χ0v) is 13.0. The minimum absolute atomic E-state index is 0.0667. The molecule has 5 nitrogen and oxygen atoms in total. The number of para-hydroxylation sites is 1. The molecule has 23 heavy (non-hydrogen) atoms. The van der Waals surface area contributed by atoms with Crippen molar-refractivity contribution >= 4 is 5.91 Å². The van der Waals surface area contributed by atoms with Crippen LogP contribution in [-0.4, -0.2) is 28.8 Å². The number of benzene rings is 1. The van der Waals surface area contributed by atoms with E-state index in [1.165, 1.54) is 0 Å². The van der Waals surface area contributed by atoms with Crippen molar-refractivity contribution in [3.63, 3.8) is 0 Å². The first-order chi connectivity index (χ1) is 11.2. The summed E-state index contributed by atoms with van der Waals surface area (Å²) < 4.78 is 7.69. The summed E-state index contributed by atoms with van der Waals surface area (Å²) in [6.45, 7) is 2.82. The van der Waals surface area contributed by atoms with Gasteiger partial charge in [0.25, 0.3) is 0 Å². The van der Waals surface area contributed by atoms with Crippen LogP contribution in [0.25, 0.3) is 5.69 Å². The van der Waals surface area contributed by atoms with Crippen LogP contribution in [0.5, 0.6) is 0 Å². The lowest BCUT2D eigenvalue weighted by atomic mass is 9.97. The van der Waals surface area contributed by atoms with Crippen LogP contribution in [0.2, 0.25) is 0 Å². The SMILES string of the molecule is C#CCNC(=O)[C@H]1CCO[C@@H]1c1ccnn1-c1ccccc1C. The molecule has 2 aromatic rings. The van der Waals surface area contributed by atoms with Gasteiger partial charge in [0.15, 0.2) is 0 Å². The van der Waals surface area contributed by atoms with Gasteiger partial charge in [-0.3, -0.25) is 4.79 Å². The first-order valence-corrected chi connectivity index (χ1v) is 7.65. The number of carbonyl (C=O) groups is 1. The highest BCUT2D eigenvalue weighted by molar-refractivity contribution is 5.80. The molecule has 0 saturated carbocycles. The molecular formula is C18H19N3O2. The summed E-state index contributed by atoms with van der Waals surface area (Å²) in [5.41, 5.74) is 2.99. The Bertz CT molecular complexity index is 745. The van der Waals surface area contributed by atoms with Gasteiger partial charge < -0.3 is 10.1 Å². The lowest BCUT2D eigenvalue weighted by molar-refractivity contribution is -0.126. The van der Waals surface area contributed by atoms with Crippen LogP contribution in [0.1, 0.15) is 23.8 Å². The number of hydrogen-bond donors (Lipinski definition) is 1. The maximum atomic E-state index is 12.3. The highest BCUT2D eigenvalue weighted by Crippen LogP contribution is 2.35. The third kappa shape index (κ3) is 2.99. The van der Waals surface area contributed by atoms with Crippen molar-refractivity contribution in [2.45, 2.75) is 19.4 Å². The Morgan fingerprint density at radius 3 is 3.09 bits per heavy atom. The van der Waals surface area contributed by atoms with Gasteiger partial charge in [0, 0.05) is 12.8 Å². The third-order valence-corrected chi connectivity index (χ3v) is 4.10. The first-order valence-electron chi connectivity index (χ1n) is 7.65. The van der Waals surface area contributed by atoms with Crippen LogP contribution < -0.4 is 5.32 Å². The minimum atomic E-state index is -0.310. The van der Waals surface area contributed by atoms with E-state index in [0.717, 1.165) is 16.9 Å². The molecule has 118 valence electrons. The summed E-state index contributed by atoms with van der Waals surface area (Å²) in [7, 11) is 0. The van der Waals surface area contributed by atoms with Gasteiger partial charge in [0.1, 0.15) is 6.10 Å². The van der Waals surface area contributed by atoms with Crippen molar-refractivity contribution in [2.24, 2.45) is 5.92 Å². The standard InChI is InChI=1S/C18H19N3O2/c1-3-10-19-18(22)14-9-12-23-17(14)16-8-11-20-21(16)15-7-5-4-6-13(15)2/h1,4-8,11,14,17H,9-10,12H2,2H3,(H,19,22)/t14-,17-/m0/s1. The second-order valence-electron chi connectivity index (χ2n) is 5.56. The average molecular weight is 309 g/mol. The molecule has 1 saturated heterocycles. The van der Waals surface area contributed by atoms with Gasteiger partial charge in [0.05, 0.1) is 23.8 Å². The number of rotatable bonds is 4. The normalized spacial score (nSPS) is 20.2. The Morgan fingerprint density at radius 1 is 1.48 bits per heavy atom. The van der Waals surface area contributed by atoms with Crippen molar-refractivity contribution < 1.29 is 9.53 Å². The Kier molecular flexibility index (Phi) is 4.45. The highest BCUT2D eigenvalue weighted by Gasteiger charge is 2.37. The van der Waals surface area contributed by atoms with Crippen LogP contribution in [0, 0.1) is 25.2 Å². The summed E-state index contributed by atoms with van der Waals surface area (Å²) in [6.07, 6.45) is 7.32. The quantitative estimate of drug-likeness (QED) is 0.879. The number of hydrogen-bond acceptors (Lipinski definition) is 3. The van der Waals surface area contributed by atoms with Crippen molar-refractivity contribution in [3.05, 3.63) is 47.8 Å². The third-order valence-electron chi connectivity index (χ3n) is 4.10. The van der Waals surface area contributed by atoms with Crippen LogP contribution >= 0.6 is 0 Å². The summed E-state index contributed by atoms with van der Waals surface area (Å²) in [6, 6.07) is 9.91. The van der Waals surface area contributed by atoms with Gasteiger partial charge in [-0.15, -0.1) is 6.42 Å². The van der Waals surface area contributed by atoms with Crippen LogP contribution in [0.3, 0.4) is 0 Å². The Balaban J connectivity index is 1.91. The van der Waals surface area contributed by atoms with Crippen LogP contribution in [-0.2, 0) is 9.53 Å². The van der Waals surface area contributed by atoms with Crippen molar-refractivity contribution in [3.8, 4) is 18.0 Å². The van der Waals surface area contributed by atoms with E-state index in [0.29, 0.717) is 13.0 Å². The molecule has 1 amide bonds. The number of terminal acetylenes is 1. The summed E-state index contributed by atoms with van der Waals surface area (Å²) in [5, 5.41) is 7.17. The molecule has 3 rings (SSSR count). The molecular weight excluding hydrogens is 290 g/mol. The Labute approximate surface area is 135 Å². The van der Waals surface area contributed by atoms with E-state index in [9.17, 15) is 4.79 Å². The van der Waals surface area contributed by atoms with Crippen LogP contribution in [0.4, 0.5) is 0 Å². The molecule has 0 aliphatic carbocycles. The molecule has 1 aromatic carbocycles. The maximum absolute atomic E-state index is 12.3. The van der Waals surface area contributed by atoms with E-state index >= 15 is 0 Å². The molecule has 2 heterocycles. The molecule has 5 heteroatoms. The van der Waals surface area contributed by atoms with E-state index in [4.69, 9.17) is 11.2 Å². The largest absolute Gasteiger partial charge is 0.371 e. The molecule has 0 spiro atoms. The van der Waals surface area contributed by atoms with E-state index in [1.54, 1.807) is 6.20 Å². The van der Waals surface area contributed by atoms with Crippen LogP contribution in [0.15, 0.2) is 36.5 Å². The van der Waals surface area contributed by atoms with E-state index in [1.807, 2.05) is 41.9 Å². The fourth-order valence-corrected chi connectivity index (χ4v) is 2.95. The molecule has 0 bridgehead atoms. The number of nitrogens with one attached hydrogen (secondary N) is 1. The number of aryl methyl sites for hydroxylation is 1. The van der Waals surface area contributed by atoms with Gasteiger partial charge >= 0.3 is 0 Å². The number of carbonyl (C=O) groups excluding carboxylic acids is 1.